The van der Waals surface area contributed by atoms with Crippen LogP contribution in [0.3, 0.4) is 0 Å². The molecule has 52 valence electrons. The summed E-state index contributed by atoms with van der Waals surface area (Å²) in [5.74, 6) is 0.543. The van der Waals surface area contributed by atoms with Gasteiger partial charge in [-0.1, -0.05) is 4.99 Å². The van der Waals surface area contributed by atoms with Gasteiger partial charge < -0.3 is 0 Å². The van der Waals surface area contributed by atoms with E-state index < -0.39 is 0 Å². The summed E-state index contributed by atoms with van der Waals surface area (Å²) >= 11 is 2.11. The third-order valence-corrected chi connectivity index (χ3v) is 0.968. The molecule has 0 spiro atoms. The fraction of sp³-hybridized carbons (Fsp3) is 0.600. The smallest absolute Gasteiger partial charge is 0.288 e. The first-order valence-corrected chi connectivity index (χ1v) is 3.62. The summed E-state index contributed by atoms with van der Waals surface area (Å²) in [6, 6.07) is 0. The third kappa shape index (κ3) is 4.38. The molecule has 0 aliphatic rings. The van der Waals surface area contributed by atoms with Gasteiger partial charge in [-0.2, -0.15) is 0 Å². The van der Waals surface area contributed by atoms with Crippen molar-refractivity contribution >= 4 is 32.3 Å². The summed E-state index contributed by atoms with van der Waals surface area (Å²) in [5, 5.41) is 0. The number of hydrogen-bond donors (Lipinski definition) is 1. The average molecular weight is 240 g/mol. The van der Waals surface area contributed by atoms with Crippen molar-refractivity contribution in [1.29, 1.82) is 0 Å². The molecule has 0 atom stereocenters. The largest absolute Gasteiger partial charge is 0.384 e. The molecule has 0 saturated carbocycles. The number of guanidine groups is 1. The standard InChI is InChI=1S/C5H10IN3/c1-4(6)8-5(7)9(2)3/h7H,1-3H3/p+1/b8-4-. The van der Waals surface area contributed by atoms with Crippen molar-refractivity contribution in [2.75, 3.05) is 14.1 Å². The van der Waals surface area contributed by atoms with Gasteiger partial charge in [-0.25, -0.2) is 0 Å². The topological polar surface area (TPSA) is 41.4 Å². The molecule has 2 N–H and O–H groups in total. The van der Waals surface area contributed by atoms with Crippen LogP contribution < -0.4 is 5.73 Å². The Morgan fingerprint density at radius 1 is 1.56 bits per heavy atom. The summed E-state index contributed by atoms with van der Waals surface area (Å²) in [6.07, 6.45) is 0. The van der Waals surface area contributed by atoms with E-state index in [4.69, 9.17) is 5.73 Å². The molecule has 0 saturated heterocycles. The van der Waals surface area contributed by atoms with Crippen molar-refractivity contribution in [3.8, 4) is 0 Å². The van der Waals surface area contributed by atoms with Crippen LogP contribution in [0.2, 0.25) is 0 Å². The van der Waals surface area contributed by atoms with Crippen LogP contribution in [0.25, 0.3) is 0 Å². The maximum atomic E-state index is 5.47. The minimum absolute atomic E-state index is 0.543. The van der Waals surface area contributed by atoms with Gasteiger partial charge in [0, 0.05) is 0 Å². The van der Waals surface area contributed by atoms with Crippen LogP contribution in [0.4, 0.5) is 0 Å². The highest BCUT2D eigenvalue weighted by Crippen LogP contribution is 1.86. The fourth-order valence-electron chi connectivity index (χ4n) is 0.258. The van der Waals surface area contributed by atoms with Gasteiger partial charge in [-0.3, -0.25) is 10.3 Å². The lowest BCUT2D eigenvalue weighted by Crippen LogP contribution is -2.20. The minimum atomic E-state index is 0.543. The molecule has 4 heteroatoms. The molecule has 0 bridgehead atoms. The molecule has 0 aromatic carbocycles. The lowest BCUT2D eigenvalue weighted by Gasteiger charge is -1.88. The normalized spacial score (nSPS) is 11.3. The van der Waals surface area contributed by atoms with Crippen molar-refractivity contribution in [3.63, 3.8) is 0 Å². The van der Waals surface area contributed by atoms with Crippen molar-refractivity contribution in [3.05, 3.63) is 0 Å². The van der Waals surface area contributed by atoms with Gasteiger partial charge in [0.25, 0.3) is 0 Å². The Balaban J connectivity index is 4.25. The fourth-order valence-corrected chi connectivity index (χ4v) is 0.505. The number of nitrogens with zero attached hydrogens (tertiary/aromatic N) is 2. The Morgan fingerprint density at radius 2 is 2.00 bits per heavy atom. The third-order valence-electron chi connectivity index (χ3n) is 0.727. The first-order valence-electron chi connectivity index (χ1n) is 2.54. The quantitative estimate of drug-likeness (QED) is 0.283. The zero-order valence-corrected chi connectivity index (χ0v) is 8.01. The Labute approximate surface area is 68.8 Å². The average Bonchev–Trinajstić information content (AvgIpc) is 1.63. The predicted molar refractivity (Wildman–Crippen MR) is 48.4 cm³/mol. The highest BCUT2D eigenvalue weighted by molar-refractivity contribution is 14.1. The number of hydrogen-bond acceptors (Lipinski definition) is 0. The van der Waals surface area contributed by atoms with Crippen LogP contribution in [0.1, 0.15) is 6.92 Å². The molecule has 0 radical (unpaired) electrons. The molecular formula is C5H11IN3+. The zero-order valence-electron chi connectivity index (χ0n) is 5.85. The number of halogens is 1. The van der Waals surface area contributed by atoms with E-state index in [1.807, 2.05) is 21.0 Å². The maximum Gasteiger partial charge on any atom is 0.384 e. The molecule has 9 heavy (non-hydrogen) atoms. The van der Waals surface area contributed by atoms with Crippen LogP contribution in [0.15, 0.2) is 4.99 Å². The lowest BCUT2D eigenvalue weighted by atomic mass is 10.8. The van der Waals surface area contributed by atoms with Crippen LogP contribution in [0.5, 0.6) is 0 Å². The minimum Gasteiger partial charge on any atom is -0.288 e. The Bertz CT molecular complexity index is 152. The second-order valence-electron chi connectivity index (χ2n) is 1.86. The van der Waals surface area contributed by atoms with Gasteiger partial charge in [0.1, 0.15) is 0 Å². The van der Waals surface area contributed by atoms with Gasteiger partial charge >= 0.3 is 5.96 Å². The number of rotatable bonds is 0. The van der Waals surface area contributed by atoms with Gasteiger partial charge in [-0.05, 0) is 29.5 Å². The zero-order chi connectivity index (χ0) is 7.44. The summed E-state index contributed by atoms with van der Waals surface area (Å²) in [7, 11) is 3.72. The summed E-state index contributed by atoms with van der Waals surface area (Å²) in [6.45, 7) is 1.90. The highest BCUT2D eigenvalue weighted by Gasteiger charge is 1.97. The van der Waals surface area contributed by atoms with Crippen LogP contribution >= 0.6 is 22.6 Å². The van der Waals surface area contributed by atoms with Crippen molar-refractivity contribution in [1.82, 2.24) is 0 Å². The van der Waals surface area contributed by atoms with E-state index in [0.717, 1.165) is 3.72 Å². The Kier molecular flexibility index (Phi) is 3.76. The molecule has 0 aromatic heterocycles. The molecule has 0 aliphatic heterocycles. The predicted octanol–water partition coefficient (Wildman–Crippen LogP) is 0.427. The van der Waals surface area contributed by atoms with Crippen molar-refractivity contribution in [2.45, 2.75) is 6.92 Å². The summed E-state index contributed by atoms with van der Waals surface area (Å²) in [5.41, 5.74) is 5.47. The molecule has 0 aliphatic carbocycles. The summed E-state index contributed by atoms with van der Waals surface area (Å²) in [4.78, 5) is 4.00. The highest BCUT2D eigenvalue weighted by atomic mass is 127. The van der Waals surface area contributed by atoms with E-state index >= 15 is 0 Å². The molecule has 0 heterocycles. The van der Waals surface area contributed by atoms with Crippen LogP contribution in [-0.2, 0) is 0 Å². The van der Waals surface area contributed by atoms with Crippen molar-refractivity contribution < 1.29 is 4.58 Å². The van der Waals surface area contributed by atoms with E-state index in [2.05, 4.69) is 27.6 Å². The van der Waals surface area contributed by atoms with Gasteiger partial charge in [0.2, 0.25) is 0 Å². The molecule has 3 nitrogen and oxygen atoms in total. The molecule has 0 unspecified atom stereocenters. The van der Waals surface area contributed by atoms with Gasteiger partial charge in [-0.15, -0.1) is 0 Å². The molecule has 0 rings (SSSR count). The Hall–Kier alpha value is -0.130. The molecule has 0 fully saturated rings. The second-order valence-corrected chi connectivity index (χ2v) is 3.42. The number of aliphatic imine (C=N–C) groups is 1. The lowest BCUT2D eigenvalue weighted by molar-refractivity contribution is -0.466. The van der Waals surface area contributed by atoms with Crippen LogP contribution in [0, 0.1) is 0 Å². The monoisotopic (exact) mass is 240 g/mol. The molecule has 0 aromatic rings. The van der Waals surface area contributed by atoms with E-state index in [1.165, 1.54) is 0 Å². The van der Waals surface area contributed by atoms with Crippen molar-refractivity contribution in [2.24, 2.45) is 10.7 Å². The number of nitrogens with two attached hydrogens (primary N) is 1. The summed E-state index contributed by atoms with van der Waals surface area (Å²) < 4.78 is 2.71. The molecular weight excluding hydrogens is 229 g/mol. The van der Waals surface area contributed by atoms with Gasteiger partial charge in [0.05, 0.1) is 14.1 Å². The Morgan fingerprint density at radius 3 is 2.11 bits per heavy atom. The van der Waals surface area contributed by atoms with E-state index in [-0.39, 0.29) is 0 Å². The van der Waals surface area contributed by atoms with Gasteiger partial charge in [0.15, 0.2) is 3.72 Å². The van der Waals surface area contributed by atoms with E-state index in [9.17, 15) is 0 Å². The van der Waals surface area contributed by atoms with E-state index in [0.29, 0.717) is 5.96 Å². The maximum absolute atomic E-state index is 5.47. The first-order chi connectivity index (χ1) is 4.04. The van der Waals surface area contributed by atoms with E-state index in [1.54, 1.807) is 4.58 Å². The first kappa shape index (κ1) is 8.87. The SMILES string of the molecule is C/C(I)=N/C(N)=[N+](C)C. The molecule has 0 amide bonds. The van der Waals surface area contributed by atoms with Crippen LogP contribution in [-0.4, -0.2) is 28.3 Å². The second kappa shape index (κ2) is 3.81.